The smallest absolute Gasteiger partial charge is 0.151 e. The van der Waals surface area contributed by atoms with Crippen LogP contribution in [-0.4, -0.2) is 16.5 Å². The normalized spacial score (nSPS) is 10.2. The Kier molecular flexibility index (Phi) is 4.38. The van der Waals surface area contributed by atoms with E-state index in [1.807, 2.05) is 25.1 Å². The Labute approximate surface area is 119 Å². The molecule has 0 aliphatic rings. The van der Waals surface area contributed by atoms with E-state index in [1.165, 1.54) is 0 Å². The SMILES string of the molecule is CCNc1cncc(Nc2cccc(Cl)c2Br)n1. The molecule has 2 rings (SSSR count). The van der Waals surface area contributed by atoms with Gasteiger partial charge in [-0.15, -0.1) is 0 Å². The Morgan fingerprint density at radius 1 is 1.28 bits per heavy atom. The van der Waals surface area contributed by atoms with Crippen molar-refractivity contribution >= 4 is 44.9 Å². The summed E-state index contributed by atoms with van der Waals surface area (Å²) in [6.07, 6.45) is 3.34. The summed E-state index contributed by atoms with van der Waals surface area (Å²) in [4.78, 5) is 8.50. The summed E-state index contributed by atoms with van der Waals surface area (Å²) < 4.78 is 0.808. The molecule has 0 amide bonds. The summed E-state index contributed by atoms with van der Waals surface area (Å²) in [6.45, 7) is 2.81. The summed E-state index contributed by atoms with van der Waals surface area (Å²) in [6, 6.07) is 5.60. The maximum Gasteiger partial charge on any atom is 0.151 e. The second kappa shape index (κ2) is 6.02. The molecule has 4 nitrogen and oxygen atoms in total. The summed E-state index contributed by atoms with van der Waals surface area (Å²) in [5, 5.41) is 6.92. The van der Waals surface area contributed by atoms with Gasteiger partial charge in [-0.3, -0.25) is 4.98 Å². The fourth-order valence-corrected chi connectivity index (χ4v) is 1.97. The molecule has 0 aliphatic heterocycles. The Hall–Kier alpha value is -1.33. The van der Waals surface area contributed by atoms with Crippen LogP contribution in [0.15, 0.2) is 35.1 Å². The minimum Gasteiger partial charge on any atom is -0.369 e. The zero-order valence-corrected chi connectivity index (χ0v) is 12.1. The number of aromatic nitrogens is 2. The number of hydrogen-bond donors (Lipinski definition) is 2. The minimum atomic E-state index is 0.649. The van der Waals surface area contributed by atoms with Crippen LogP contribution in [0.3, 0.4) is 0 Å². The Balaban J connectivity index is 2.23. The lowest BCUT2D eigenvalue weighted by atomic mass is 10.3. The van der Waals surface area contributed by atoms with Crippen LogP contribution in [0.4, 0.5) is 17.3 Å². The fourth-order valence-electron chi connectivity index (χ4n) is 1.43. The van der Waals surface area contributed by atoms with E-state index >= 15 is 0 Å². The number of hydrogen-bond acceptors (Lipinski definition) is 4. The van der Waals surface area contributed by atoms with Crippen molar-refractivity contribution in [2.45, 2.75) is 6.92 Å². The first kappa shape index (κ1) is 13.1. The van der Waals surface area contributed by atoms with Gasteiger partial charge in [0.15, 0.2) is 5.82 Å². The van der Waals surface area contributed by atoms with Crippen molar-refractivity contribution in [2.75, 3.05) is 17.2 Å². The van der Waals surface area contributed by atoms with Crippen LogP contribution in [0.1, 0.15) is 6.92 Å². The van der Waals surface area contributed by atoms with Crippen LogP contribution in [0.5, 0.6) is 0 Å². The monoisotopic (exact) mass is 326 g/mol. The molecule has 94 valence electrons. The van der Waals surface area contributed by atoms with E-state index in [9.17, 15) is 0 Å². The molecule has 0 fully saturated rings. The van der Waals surface area contributed by atoms with Crippen molar-refractivity contribution in [3.8, 4) is 0 Å². The second-order valence-corrected chi connectivity index (χ2v) is 4.75. The van der Waals surface area contributed by atoms with Crippen molar-refractivity contribution < 1.29 is 0 Å². The van der Waals surface area contributed by atoms with Gasteiger partial charge in [0, 0.05) is 6.54 Å². The standard InChI is InChI=1S/C12H12BrClN4/c1-2-16-10-6-15-7-11(18-10)17-9-5-3-4-8(14)12(9)13/h3-7H,2H2,1H3,(H2,16,17,18). The van der Waals surface area contributed by atoms with Crippen molar-refractivity contribution in [3.05, 3.63) is 40.1 Å². The lowest BCUT2D eigenvalue weighted by Crippen LogP contribution is -2.02. The third kappa shape index (κ3) is 3.11. The number of nitrogens with zero attached hydrogens (tertiary/aromatic N) is 2. The first-order valence-electron chi connectivity index (χ1n) is 5.47. The van der Waals surface area contributed by atoms with Crippen molar-refractivity contribution in [1.82, 2.24) is 9.97 Å². The molecule has 2 N–H and O–H groups in total. The van der Waals surface area contributed by atoms with Gasteiger partial charge in [0.1, 0.15) is 5.82 Å². The predicted molar refractivity (Wildman–Crippen MR) is 78.6 cm³/mol. The molecule has 2 aromatic rings. The molecule has 0 saturated heterocycles. The Morgan fingerprint density at radius 3 is 2.83 bits per heavy atom. The highest BCUT2D eigenvalue weighted by Crippen LogP contribution is 2.31. The number of halogens is 2. The summed E-state index contributed by atoms with van der Waals surface area (Å²) >= 11 is 9.45. The molecular weight excluding hydrogens is 316 g/mol. The molecule has 0 atom stereocenters. The lowest BCUT2D eigenvalue weighted by molar-refractivity contribution is 1.12. The van der Waals surface area contributed by atoms with Crippen molar-refractivity contribution in [1.29, 1.82) is 0 Å². The Morgan fingerprint density at radius 2 is 2.06 bits per heavy atom. The molecule has 0 spiro atoms. The van der Waals surface area contributed by atoms with Gasteiger partial charge in [-0.1, -0.05) is 17.7 Å². The van der Waals surface area contributed by atoms with Crippen molar-refractivity contribution in [3.63, 3.8) is 0 Å². The fraction of sp³-hybridized carbons (Fsp3) is 0.167. The summed E-state index contributed by atoms with van der Waals surface area (Å²) in [7, 11) is 0. The van der Waals surface area contributed by atoms with E-state index in [0.717, 1.165) is 22.5 Å². The Bertz CT molecular complexity index is 547. The quantitative estimate of drug-likeness (QED) is 0.889. The first-order valence-corrected chi connectivity index (χ1v) is 6.64. The van der Waals surface area contributed by atoms with E-state index in [4.69, 9.17) is 11.6 Å². The van der Waals surface area contributed by atoms with Gasteiger partial charge in [0.25, 0.3) is 0 Å². The number of anilines is 3. The summed E-state index contributed by atoms with van der Waals surface area (Å²) in [5.41, 5.74) is 0.852. The lowest BCUT2D eigenvalue weighted by Gasteiger charge is -2.09. The highest BCUT2D eigenvalue weighted by Gasteiger charge is 2.05. The van der Waals surface area contributed by atoms with Gasteiger partial charge in [0.05, 0.1) is 27.6 Å². The molecular formula is C12H12BrClN4. The maximum atomic E-state index is 6.03. The van der Waals surface area contributed by atoms with Gasteiger partial charge in [-0.25, -0.2) is 4.98 Å². The zero-order chi connectivity index (χ0) is 13.0. The zero-order valence-electron chi connectivity index (χ0n) is 9.74. The predicted octanol–water partition coefficient (Wildman–Crippen LogP) is 4.07. The topological polar surface area (TPSA) is 49.8 Å². The molecule has 0 unspecified atom stereocenters. The largest absolute Gasteiger partial charge is 0.369 e. The molecule has 0 bridgehead atoms. The maximum absolute atomic E-state index is 6.03. The highest BCUT2D eigenvalue weighted by atomic mass is 79.9. The van der Waals surface area contributed by atoms with E-state index in [-0.39, 0.29) is 0 Å². The summed E-state index contributed by atoms with van der Waals surface area (Å²) in [5.74, 6) is 1.40. The van der Waals surface area contributed by atoms with Crippen molar-refractivity contribution in [2.24, 2.45) is 0 Å². The molecule has 1 heterocycles. The third-order valence-corrected chi connectivity index (χ3v) is 3.60. The molecule has 1 aromatic carbocycles. The van der Waals surface area contributed by atoms with Crippen LogP contribution in [-0.2, 0) is 0 Å². The molecule has 18 heavy (non-hydrogen) atoms. The van der Waals surface area contributed by atoms with Gasteiger partial charge < -0.3 is 10.6 Å². The number of rotatable bonds is 4. The third-order valence-electron chi connectivity index (χ3n) is 2.21. The average Bonchev–Trinajstić information content (AvgIpc) is 2.36. The molecule has 1 aromatic heterocycles. The van der Waals surface area contributed by atoms with Gasteiger partial charge in [-0.2, -0.15) is 0 Å². The van der Waals surface area contributed by atoms with E-state index in [2.05, 4.69) is 36.5 Å². The van der Waals surface area contributed by atoms with Crippen LogP contribution >= 0.6 is 27.5 Å². The van der Waals surface area contributed by atoms with Crippen LogP contribution in [0.2, 0.25) is 5.02 Å². The van der Waals surface area contributed by atoms with Crippen LogP contribution in [0, 0.1) is 0 Å². The number of nitrogens with one attached hydrogen (secondary N) is 2. The van der Waals surface area contributed by atoms with E-state index < -0.39 is 0 Å². The van der Waals surface area contributed by atoms with E-state index in [1.54, 1.807) is 12.4 Å². The van der Waals surface area contributed by atoms with Gasteiger partial charge in [-0.05, 0) is 35.0 Å². The van der Waals surface area contributed by atoms with Gasteiger partial charge >= 0.3 is 0 Å². The molecule has 0 saturated carbocycles. The molecule has 0 radical (unpaired) electrons. The minimum absolute atomic E-state index is 0.649. The average molecular weight is 328 g/mol. The van der Waals surface area contributed by atoms with E-state index in [0.29, 0.717) is 10.8 Å². The number of benzene rings is 1. The highest BCUT2D eigenvalue weighted by molar-refractivity contribution is 9.10. The van der Waals surface area contributed by atoms with Crippen LogP contribution < -0.4 is 10.6 Å². The van der Waals surface area contributed by atoms with Gasteiger partial charge in [0.2, 0.25) is 0 Å². The first-order chi connectivity index (χ1) is 8.70. The second-order valence-electron chi connectivity index (χ2n) is 3.55. The molecule has 0 aliphatic carbocycles. The molecule has 6 heteroatoms. The van der Waals surface area contributed by atoms with Crippen LogP contribution in [0.25, 0.3) is 0 Å².